The number of ether oxygens (including phenoxy) is 2. The van der Waals surface area contributed by atoms with Crippen molar-refractivity contribution in [3.8, 4) is 11.8 Å². The molecule has 0 spiro atoms. The maximum atomic E-state index is 14.6. The van der Waals surface area contributed by atoms with Crippen molar-refractivity contribution in [2.45, 2.75) is 50.9 Å². The fraction of sp³-hybridized carbons (Fsp3) is 0.435. The molecule has 10 nitrogen and oxygen atoms in total. The van der Waals surface area contributed by atoms with Crippen molar-refractivity contribution in [2.75, 3.05) is 19.0 Å². The Labute approximate surface area is 195 Å². The van der Waals surface area contributed by atoms with E-state index in [0.29, 0.717) is 59.3 Å². The topological polar surface area (TPSA) is 123 Å². The summed E-state index contributed by atoms with van der Waals surface area (Å²) in [6.07, 6.45) is 7.11. The van der Waals surface area contributed by atoms with Gasteiger partial charge < -0.3 is 25.4 Å². The standard InChI is InChI=1S/C23H26FN7O3/c1-33-20-11-27-18-7-6-17(24)16(21(18)31-20)10-26-14-4-2-13(3-5-14)25-8-15-9-28-23-22(29-15)30-19(32)12-34-23/h6-7,9,11,13-14,25-26H,2-5,8,10,12H2,1H3,(H,29,30,32). The highest BCUT2D eigenvalue weighted by Crippen LogP contribution is 2.24. The highest BCUT2D eigenvalue weighted by Gasteiger charge is 2.23. The van der Waals surface area contributed by atoms with Gasteiger partial charge in [0.25, 0.3) is 11.8 Å². The molecule has 1 aliphatic carbocycles. The van der Waals surface area contributed by atoms with E-state index in [4.69, 9.17) is 9.47 Å². The second kappa shape index (κ2) is 9.82. The summed E-state index contributed by atoms with van der Waals surface area (Å²) in [6.45, 7) is 0.901. The molecule has 1 aromatic carbocycles. The number of carbonyl (C=O) groups excluding carboxylic acids is 1. The number of aromatic nitrogens is 4. The Hall–Kier alpha value is -3.44. The average Bonchev–Trinajstić information content (AvgIpc) is 2.87. The molecule has 11 heteroatoms. The van der Waals surface area contributed by atoms with Crippen LogP contribution in [0.5, 0.6) is 11.8 Å². The van der Waals surface area contributed by atoms with E-state index in [1.807, 2.05) is 0 Å². The van der Waals surface area contributed by atoms with Crippen LogP contribution in [0.3, 0.4) is 0 Å². The number of methoxy groups -OCH3 is 1. The Morgan fingerprint density at radius 2 is 1.85 bits per heavy atom. The van der Waals surface area contributed by atoms with Gasteiger partial charge in [0.15, 0.2) is 12.4 Å². The molecule has 5 rings (SSSR count). The second-order valence-electron chi connectivity index (χ2n) is 8.47. The largest absolute Gasteiger partial charge is 0.480 e. The number of nitrogens with zero attached hydrogens (tertiary/aromatic N) is 4. The first-order valence-corrected chi connectivity index (χ1v) is 11.3. The Morgan fingerprint density at radius 1 is 1.09 bits per heavy atom. The molecule has 3 aromatic rings. The number of nitrogens with one attached hydrogen (secondary N) is 3. The van der Waals surface area contributed by atoms with Gasteiger partial charge in [0.1, 0.15) is 11.3 Å². The molecular formula is C23H26FN7O3. The second-order valence-corrected chi connectivity index (χ2v) is 8.47. The zero-order valence-electron chi connectivity index (χ0n) is 18.8. The minimum Gasteiger partial charge on any atom is -0.480 e. The van der Waals surface area contributed by atoms with E-state index >= 15 is 0 Å². The summed E-state index contributed by atoms with van der Waals surface area (Å²) < 4.78 is 25.0. The van der Waals surface area contributed by atoms with Crippen LogP contribution in [0.25, 0.3) is 11.0 Å². The molecule has 0 unspecified atom stereocenters. The van der Waals surface area contributed by atoms with Crippen LogP contribution in [0.2, 0.25) is 0 Å². The van der Waals surface area contributed by atoms with Crippen molar-refractivity contribution in [3.05, 3.63) is 41.6 Å². The van der Waals surface area contributed by atoms with E-state index in [0.717, 1.165) is 31.4 Å². The number of rotatable bonds is 7. The molecule has 34 heavy (non-hydrogen) atoms. The first kappa shape index (κ1) is 22.4. The lowest BCUT2D eigenvalue weighted by Gasteiger charge is -2.30. The number of benzene rings is 1. The van der Waals surface area contributed by atoms with Gasteiger partial charge in [-0.15, -0.1) is 0 Å². The van der Waals surface area contributed by atoms with Crippen molar-refractivity contribution in [3.63, 3.8) is 0 Å². The van der Waals surface area contributed by atoms with E-state index < -0.39 is 0 Å². The van der Waals surface area contributed by atoms with Gasteiger partial charge in [-0.05, 0) is 37.8 Å². The number of carbonyl (C=O) groups is 1. The molecular weight excluding hydrogens is 441 g/mol. The van der Waals surface area contributed by atoms with Crippen LogP contribution >= 0.6 is 0 Å². The Bertz CT molecular complexity index is 1200. The van der Waals surface area contributed by atoms with Gasteiger partial charge in [0, 0.05) is 30.7 Å². The molecule has 1 aliphatic heterocycles. The monoisotopic (exact) mass is 467 g/mol. The van der Waals surface area contributed by atoms with E-state index in [2.05, 4.69) is 35.9 Å². The van der Waals surface area contributed by atoms with Gasteiger partial charge >= 0.3 is 0 Å². The van der Waals surface area contributed by atoms with E-state index in [-0.39, 0.29) is 18.3 Å². The van der Waals surface area contributed by atoms with Crippen LogP contribution in [0.15, 0.2) is 24.5 Å². The quantitative estimate of drug-likeness (QED) is 0.479. The van der Waals surface area contributed by atoms with E-state index in [1.54, 1.807) is 12.3 Å². The van der Waals surface area contributed by atoms with Crippen molar-refractivity contribution >= 4 is 22.8 Å². The number of hydrogen-bond donors (Lipinski definition) is 3. The molecule has 3 N–H and O–H groups in total. The first-order chi connectivity index (χ1) is 16.6. The minimum absolute atomic E-state index is 0.0364. The lowest BCUT2D eigenvalue weighted by molar-refractivity contribution is -0.118. The van der Waals surface area contributed by atoms with Crippen LogP contribution in [0.1, 0.15) is 36.9 Å². The fourth-order valence-corrected chi connectivity index (χ4v) is 4.34. The third-order valence-corrected chi connectivity index (χ3v) is 6.20. The van der Waals surface area contributed by atoms with Crippen LogP contribution in [0, 0.1) is 5.82 Å². The number of anilines is 1. The van der Waals surface area contributed by atoms with Gasteiger partial charge in [0.2, 0.25) is 5.88 Å². The average molecular weight is 468 g/mol. The first-order valence-electron chi connectivity index (χ1n) is 11.3. The summed E-state index contributed by atoms with van der Waals surface area (Å²) in [5.41, 5.74) is 2.41. The summed E-state index contributed by atoms with van der Waals surface area (Å²) >= 11 is 0. The molecule has 0 radical (unpaired) electrons. The zero-order valence-corrected chi connectivity index (χ0v) is 18.8. The number of fused-ring (bicyclic) bond motifs is 2. The number of halogens is 1. The SMILES string of the molecule is COc1cnc2ccc(F)c(CNC3CCC(NCc4cnc5c(n4)NC(=O)CO5)CC3)c2n1. The van der Waals surface area contributed by atoms with Crippen LogP contribution in [-0.2, 0) is 17.9 Å². The summed E-state index contributed by atoms with van der Waals surface area (Å²) in [6, 6.07) is 3.71. The van der Waals surface area contributed by atoms with Crippen molar-refractivity contribution in [1.29, 1.82) is 0 Å². The Balaban J connectivity index is 1.13. The summed E-state index contributed by atoms with van der Waals surface area (Å²) in [5, 5.41) is 9.69. The van der Waals surface area contributed by atoms with Gasteiger partial charge in [-0.3, -0.25) is 4.79 Å². The normalized spacial score (nSPS) is 19.9. The molecule has 3 heterocycles. The molecule has 1 amide bonds. The zero-order chi connectivity index (χ0) is 23.5. The molecule has 1 saturated carbocycles. The van der Waals surface area contributed by atoms with E-state index in [9.17, 15) is 9.18 Å². The summed E-state index contributed by atoms with van der Waals surface area (Å²) in [7, 11) is 1.52. The predicted molar refractivity (Wildman–Crippen MR) is 122 cm³/mol. The fourth-order valence-electron chi connectivity index (χ4n) is 4.34. The van der Waals surface area contributed by atoms with E-state index in [1.165, 1.54) is 19.4 Å². The maximum Gasteiger partial charge on any atom is 0.263 e. The molecule has 178 valence electrons. The van der Waals surface area contributed by atoms with Gasteiger partial charge in [-0.1, -0.05) is 0 Å². The molecule has 2 aliphatic rings. The number of amides is 1. The molecule has 0 atom stereocenters. The van der Waals surface area contributed by atoms with Crippen molar-refractivity contribution in [2.24, 2.45) is 0 Å². The highest BCUT2D eigenvalue weighted by molar-refractivity contribution is 5.93. The predicted octanol–water partition coefficient (Wildman–Crippen LogP) is 2.09. The number of hydrogen-bond acceptors (Lipinski definition) is 9. The Morgan fingerprint density at radius 3 is 2.62 bits per heavy atom. The summed E-state index contributed by atoms with van der Waals surface area (Å²) in [4.78, 5) is 28.8. The molecule has 0 bridgehead atoms. The van der Waals surface area contributed by atoms with Crippen molar-refractivity contribution in [1.82, 2.24) is 30.6 Å². The smallest absolute Gasteiger partial charge is 0.263 e. The third-order valence-electron chi connectivity index (χ3n) is 6.20. The van der Waals surface area contributed by atoms with Crippen LogP contribution < -0.4 is 25.4 Å². The lowest BCUT2D eigenvalue weighted by atomic mass is 9.91. The molecule has 1 fully saturated rings. The minimum atomic E-state index is -0.300. The highest BCUT2D eigenvalue weighted by atomic mass is 19.1. The lowest BCUT2D eigenvalue weighted by Crippen LogP contribution is -2.39. The Kier molecular flexibility index (Phi) is 6.45. The van der Waals surface area contributed by atoms with Crippen LogP contribution in [0.4, 0.5) is 10.2 Å². The summed E-state index contributed by atoms with van der Waals surface area (Å²) in [5.74, 6) is 0.552. The molecule has 0 saturated heterocycles. The molecule has 2 aromatic heterocycles. The van der Waals surface area contributed by atoms with Gasteiger partial charge in [-0.25, -0.2) is 24.3 Å². The van der Waals surface area contributed by atoms with Crippen molar-refractivity contribution < 1.29 is 18.7 Å². The third kappa shape index (κ3) is 4.90. The van der Waals surface area contributed by atoms with Gasteiger partial charge in [0.05, 0.1) is 30.7 Å². The van der Waals surface area contributed by atoms with Gasteiger partial charge in [-0.2, -0.15) is 0 Å². The maximum absolute atomic E-state index is 14.6. The van der Waals surface area contributed by atoms with Crippen LogP contribution in [-0.4, -0.2) is 51.6 Å².